The van der Waals surface area contributed by atoms with Gasteiger partial charge in [0.25, 0.3) is 0 Å². The quantitative estimate of drug-likeness (QED) is 0.504. The van der Waals surface area contributed by atoms with Gasteiger partial charge < -0.3 is 15.5 Å². The number of carbonyl (C=O) groups excluding carboxylic acids is 1. The highest BCUT2D eigenvalue weighted by molar-refractivity contribution is 7.99. The molecule has 1 aromatic carbocycles. The maximum atomic E-state index is 12.1. The number of hydrogen-bond acceptors (Lipinski definition) is 4. The highest BCUT2D eigenvalue weighted by Crippen LogP contribution is 2.18. The molecule has 0 unspecified atom stereocenters. The van der Waals surface area contributed by atoms with E-state index in [4.69, 9.17) is 5.11 Å². The molecule has 0 bridgehead atoms. The maximum absolute atomic E-state index is 12.1. The summed E-state index contributed by atoms with van der Waals surface area (Å²) < 4.78 is 0. The van der Waals surface area contributed by atoms with Crippen LogP contribution in [0.1, 0.15) is 0 Å². The van der Waals surface area contributed by atoms with Crippen LogP contribution >= 0.6 is 11.8 Å². The van der Waals surface area contributed by atoms with Crippen molar-refractivity contribution < 1.29 is 19.8 Å². The van der Waals surface area contributed by atoms with Crippen molar-refractivity contribution in [3.63, 3.8) is 0 Å². The van der Waals surface area contributed by atoms with Crippen LogP contribution in [0.25, 0.3) is 0 Å². The molecule has 0 radical (unpaired) electrons. The summed E-state index contributed by atoms with van der Waals surface area (Å²) in [6, 6.07) is 5.30. The van der Waals surface area contributed by atoms with Crippen molar-refractivity contribution in [1.82, 2.24) is 5.32 Å². The molecular weight excluding hydrogens is 292 g/mol. The van der Waals surface area contributed by atoms with E-state index in [1.807, 2.05) is 0 Å². The number of urea groups is 1. The molecule has 0 heterocycles. The number of nitrogens with one attached hydrogen (secondary N) is 1. The number of benzene rings is 1. The summed E-state index contributed by atoms with van der Waals surface area (Å²) >= 11 is 1.62. The Morgan fingerprint density at radius 3 is 2.57 bits per heavy atom. The molecule has 6 nitrogen and oxygen atoms in total. The number of carbonyl (C=O) groups is 2. The van der Waals surface area contributed by atoms with Gasteiger partial charge in [-0.05, 0) is 24.3 Å². The molecule has 21 heavy (non-hydrogen) atoms. The van der Waals surface area contributed by atoms with Crippen LogP contribution in [-0.2, 0) is 4.79 Å². The molecule has 0 atom stereocenters. The van der Waals surface area contributed by atoms with Crippen LogP contribution in [0.15, 0.2) is 36.9 Å². The van der Waals surface area contributed by atoms with E-state index in [0.717, 1.165) is 10.7 Å². The zero-order valence-electron chi connectivity index (χ0n) is 11.5. The number of phenolic OH excluding ortho intramolecular Hbond substituents is 1. The third-order valence-corrected chi connectivity index (χ3v) is 3.42. The summed E-state index contributed by atoms with van der Waals surface area (Å²) in [5, 5.41) is 20.8. The van der Waals surface area contributed by atoms with Gasteiger partial charge in [-0.2, -0.15) is 11.8 Å². The van der Waals surface area contributed by atoms with Gasteiger partial charge >= 0.3 is 12.0 Å². The van der Waals surface area contributed by atoms with Gasteiger partial charge in [-0.1, -0.05) is 6.08 Å². The van der Waals surface area contributed by atoms with E-state index in [1.54, 1.807) is 17.8 Å². The van der Waals surface area contributed by atoms with Crippen molar-refractivity contribution >= 4 is 29.4 Å². The van der Waals surface area contributed by atoms with Crippen LogP contribution in [0.4, 0.5) is 10.5 Å². The van der Waals surface area contributed by atoms with Gasteiger partial charge in [-0.25, -0.2) is 4.79 Å². The summed E-state index contributed by atoms with van der Waals surface area (Å²) in [4.78, 5) is 24.1. The second-order valence-electron chi connectivity index (χ2n) is 4.09. The number of amides is 2. The molecule has 1 rings (SSSR count). The normalized spacial score (nSPS) is 9.90. The largest absolute Gasteiger partial charge is 0.508 e. The Morgan fingerprint density at radius 2 is 2.00 bits per heavy atom. The van der Waals surface area contributed by atoms with Crippen LogP contribution in [0, 0.1) is 0 Å². The fraction of sp³-hybridized carbons (Fsp3) is 0.286. The number of anilines is 1. The summed E-state index contributed by atoms with van der Waals surface area (Å²) in [6.07, 6.45) is 1.78. The number of carboxylic acids is 1. The van der Waals surface area contributed by atoms with Gasteiger partial charge in [-0.15, -0.1) is 6.58 Å². The second kappa shape index (κ2) is 8.91. The van der Waals surface area contributed by atoms with Gasteiger partial charge in [0.1, 0.15) is 12.3 Å². The van der Waals surface area contributed by atoms with E-state index in [0.29, 0.717) is 18.0 Å². The molecule has 114 valence electrons. The van der Waals surface area contributed by atoms with Gasteiger partial charge in [0.15, 0.2) is 0 Å². The predicted octanol–water partition coefficient (Wildman–Crippen LogP) is 1.91. The lowest BCUT2D eigenvalue weighted by Gasteiger charge is -2.21. The number of thioether (sulfide) groups is 1. The van der Waals surface area contributed by atoms with Gasteiger partial charge in [0.05, 0.1) is 0 Å². The van der Waals surface area contributed by atoms with E-state index >= 15 is 0 Å². The molecule has 0 saturated heterocycles. The van der Waals surface area contributed by atoms with Crippen LogP contribution in [0.5, 0.6) is 5.75 Å². The Balaban J connectivity index is 2.64. The minimum atomic E-state index is -1.11. The number of aromatic hydroxyl groups is 1. The lowest BCUT2D eigenvalue weighted by atomic mass is 10.3. The first-order valence-corrected chi connectivity index (χ1v) is 7.45. The first kappa shape index (κ1) is 16.9. The average Bonchev–Trinajstić information content (AvgIpc) is 2.45. The number of rotatable bonds is 8. The van der Waals surface area contributed by atoms with Gasteiger partial charge in [-0.3, -0.25) is 9.69 Å². The van der Waals surface area contributed by atoms with E-state index in [2.05, 4.69) is 11.9 Å². The predicted molar refractivity (Wildman–Crippen MR) is 84.0 cm³/mol. The molecule has 0 fully saturated rings. The molecule has 0 aliphatic carbocycles. The second-order valence-corrected chi connectivity index (χ2v) is 5.24. The molecule has 0 saturated carbocycles. The van der Waals surface area contributed by atoms with Crippen molar-refractivity contribution in [2.45, 2.75) is 0 Å². The fourth-order valence-corrected chi connectivity index (χ4v) is 2.12. The van der Waals surface area contributed by atoms with Crippen LogP contribution in [-0.4, -0.2) is 46.8 Å². The minimum Gasteiger partial charge on any atom is -0.508 e. The van der Waals surface area contributed by atoms with Crippen molar-refractivity contribution in [3.05, 3.63) is 36.9 Å². The highest BCUT2D eigenvalue weighted by Gasteiger charge is 2.18. The van der Waals surface area contributed by atoms with Gasteiger partial charge in [0.2, 0.25) is 0 Å². The van der Waals surface area contributed by atoms with Crippen molar-refractivity contribution in [1.29, 1.82) is 0 Å². The van der Waals surface area contributed by atoms with Crippen LogP contribution in [0.3, 0.4) is 0 Å². The SMILES string of the molecule is C=CCSCCNC(=O)N(CC(=O)O)c1ccc(O)cc1. The molecule has 0 aliphatic rings. The standard InChI is InChI=1S/C14H18N2O4S/c1-2-8-21-9-7-15-14(20)16(10-13(18)19)11-3-5-12(17)6-4-11/h2-6,17H,1,7-10H2,(H,15,20)(H,18,19). The lowest BCUT2D eigenvalue weighted by molar-refractivity contribution is -0.135. The van der Waals surface area contributed by atoms with Crippen LogP contribution in [0.2, 0.25) is 0 Å². The van der Waals surface area contributed by atoms with E-state index in [-0.39, 0.29) is 5.75 Å². The Labute approximate surface area is 127 Å². The average molecular weight is 310 g/mol. The number of aliphatic carboxylic acids is 1. The molecule has 1 aromatic rings. The van der Waals surface area contributed by atoms with Crippen LogP contribution < -0.4 is 10.2 Å². The minimum absolute atomic E-state index is 0.0512. The first-order chi connectivity index (χ1) is 10.0. The molecule has 3 N–H and O–H groups in total. The van der Waals surface area contributed by atoms with Crippen molar-refractivity contribution in [2.75, 3.05) is 29.5 Å². The number of carboxylic acid groups (broad SMARTS) is 1. The summed E-state index contributed by atoms with van der Waals surface area (Å²) in [5.41, 5.74) is 0.409. The Hall–Kier alpha value is -2.15. The Bertz CT molecular complexity index is 490. The smallest absolute Gasteiger partial charge is 0.323 e. The van der Waals surface area contributed by atoms with Crippen molar-refractivity contribution in [3.8, 4) is 5.75 Å². The van der Waals surface area contributed by atoms with Crippen molar-refractivity contribution in [2.24, 2.45) is 0 Å². The molecule has 0 aliphatic heterocycles. The number of phenols is 1. The molecule has 0 spiro atoms. The molecule has 2 amide bonds. The zero-order chi connectivity index (χ0) is 15.7. The van der Waals surface area contributed by atoms with Gasteiger partial charge in [0, 0.05) is 23.7 Å². The molecule has 0 aromatic heterocycles. The highest BCUT2D eigenvalue weighted by atomic mass is 32.2. The number of nitrogens with zero attached hydrogens (tertiary/aromatic N) is 1. The van der Waals surface area contributed by atoms with E-state index < -0.39 is 18.5 Å². The van der Waals surface area contributed by atoms with E-state index in [9.17, 15) is 14.7 Å². The zero-order valence-corrected chi connectivity index (χ0v) is 12.3. The lowest BCUT2D eigenvalue weighted by Crippen LogP contribution is -2.43. The first-order valence-electron chi connectivity index (χ1n) is 6.29. The van der Waals surface area contributed by atoms with E-state index in [1.165, 1.54) is 24.3 Å². The molecular formula is C14H18N2O4S. The molecule has 7 heteroatoms. The Kier molecular flexibility index (Phi) is 7.17. The Morgan fingerprint density at radius 1 is 1.33 bits per heavy atom. The topological polar surface area (TPSA) is 89.9 Å². The summed E-state index contributed by atoms with van der Waals surface area (Å²) in [5.74, 6) is 0.454. The third kappa shape index (κ3) is 6.22. The summed E-state index contributed by atoms with van der Waals surface area (Å²) in [7, 11) is 0. The maximum Gasteiger partial charge on any atom is 0.323 e. The third-order valence-electron chi connectivity index (χ3n) is 2.46. The number of hydrogen-bond donors (Lipinski definition) is 3. The summed E-state index contributed by atoms with van der Waals surface area (Å²) in [6.45, 7) is 3.59. The fourth-order valence-electron chi connectivity index (χ4n) is 1.54. The monoisotopic (exact) mass is 310 g/mol.